The van der Waals surface area contributed by atoms with Crippen LogP contribution in [0.3, 0.4) is 0 Å². The second-order valence-corrected chi connectivity index (χ2v) is 9.65. The van der Waals surface area contributed by atoms with Gasteiger partial charge in [-0.15, -0.1) is 11.3 Å². The van der Waals surface area contributed by atoms with Gasteiger partial charge in [-0.2, -0.15) is 0 Å². The van der Waals surface area contributed by atoms with E-state index in [0.29, 0.717) is 0 Å². The van der Waals surface area contributed by atoms with Crippen molar-refractivity contribution in [2.75, 3.05) is 4.90 Å². The number of anilines is 3. The van der Waals surface area contributed by atoms with Crippen LogP contribution < -0.4 is 4.90 Å². The number of nitrogens with zero attached hydrogens (tertiary/aromatic N) is 3. The fourth-order valence-electron chi connectivity index (χ4n) is 5.03. The highest BCUT2D eigenvalue weighted by Gasteiger charge is 2.32. The molecule has 0 bridgehead atoms. The summed E-state index contributed by atoms with van der Waals surface area (Å²) in [7, 11) is 0. The van der Waals surface area contributed by atoms with Crippen molar-refractivity contribution in [2.24, 2.45) is 0 Å². The van der Waals surface area contributed by atoms with E-state index in [9.17, 15) is 0 Å². The summed E-state index contributed by atoms with van der Waals surface area (Å²) >= 11 is 1.78. The third-order valence-corrected chi connectivity index (χ3v) is 7.75. The summed E-state index contributed by atoms with van der Waals surface area (Å²) in [4.78, 5) is 13.1. The average molecular weight is 480 g/mol. The first-order valence-electron chi connectivity index (χ1n) is 11.9. The van der Waals surface area contributed by atoms with Crippen LogP contribution in [0.15, 0.2) is 128 Å². The van der Waals surface area contributed by atoms with Crippen molar-refractivity contribution in [1.82, 2.24) is 9.97 Å². The summed E-state index contributed by atoms with van der Waals surface area (Å²) in [5, 5.41) is 1.17. The van der Waals surface area contributed by atoms with Crippen molar-refractivity contribution in [3.05, 3.63) is 128 Å². The fourth-order valence-corrected chi connectivity index (χ4v) is 6.37. The monoisotopic (exact) mass is 479 g/mol. The number of hydrogen-bond donors (Lipinski definition) is 0. The topological polar surface area (TPSA) is 29.0 Å². The number of rotatable bonds is 3. The summed E-state index contributed by atoms with van der Waals surface area (Å²) in [6.45, 7) is 0. The maximum absolute atomic E-state index is 4.83. The number of thiophene rings is 1. The average Bonchev–Trinajstić information content (AvgIpc) is 3.30. The quantitative estimate of drug-likeness (QED) is 0.253. The Balaban J connectivity index is 1.66. The molecule has 4 heterocycles. The molecule has 170 valence electrons. The Labute approximate surface area is 214 Å². The lowest BCUT2D eigenvalue weighted by molar-refractivity contribution is 1.31. The molecule has 4 heteroatoms. The molecular weight excluding hydrogens is 458 g/mol. The normalized spacial score (nSPS) is 11.8. The molecule has 0 unspecified atom stereocenters. The van der Waals surface area contributed by atoms with Crippen molar-refractivity contribution < 1.29 is 0 Å². The predicted octanol–water partition coefficient (Wildman–Crippen LogP) is 8.99. The Bertz CT molecular complexity index is 1680. The first kappa shape index (κ1) is 20.8. The molecule has 0 spiro atoms. The van der Waals surface area contributed by atoms with Gasteiger partial charge in [0.2, 0.25) is 0 Å². The standard InChI is InChI=1S/C32H21N3S/c1-2-12-22(13-3-1)35-28-19-7-6-15-24(28)23-14-4-5-16-25(23)29-30(26-17-8-10-20-33-26)31(36-32(29)35)27-18-9-11-21-34-27/h1-21H. The molecule has 0 aliphatic carbocycles. The highest BCUT2D eigenvalue weighted by Crippen LogP contribution is 2.59. The number of hydrogen-bond acceptors (Lipinski definition) is 4. The van der Waals surface area contributed by atoms with Gasteiger partial charge in [0.05, 0.1) is 22.0 Å². The van der Waals surface area contributed by atoms with Gasteiger partial charge in [0.15, 0.2) is 0 Å². The van der Waals surface area contributed by atoms with Crippen molar-refractivity contribution in [3.8, 4) is 44.1 Å². The first-order chi connectivity index (χ1) is 17.9. The van der Waals surface area contributed by atoms with Gasteiger partial charge < -0.3 is 4.90 Å². The molecule has 0 amide bonds. The van der Waals surface area contributed by atoms with Crippen LogP contribution in [-0.2, 0) is 0 Å². The van der Waals surface area contributed by atoms with Crippen LogP contribution in [-0.4, -0.2) is 9.97 Å². The minimum atomic E-state index is 0.949. The maximum Gasteiger partial charge on any atom is 0.109 e. The second-order valence-electron chi connectivity index (χ2n) is 8.65. The van der Waals surface area contributed by atoms with Crippen molar-refractivity contribution in [2.45, 2.75) is 0 Å². The van der Waals surface area contributed by atoms with Crippen molar-refractivity contribution >= 4 is 27.7 Å². The molecule has 0 radical (unpaired) electrons. The number of benzene rings is 3. The van der Waals surface area contributed by atoms with E-state index in [-0.39, 0.29) is 0 Å². The van der Waals surface area contributed by atoms with E-state index in [4.69, 9.17) is 9.97 Å². The number of para-hydroxylation sites is 2. The lowest BCUT2D eigenvalue weighted by Gasteiger charge is -2.25. The molecular formula is C32H21N3S. The molecule has 3 nitrogen and oxygen atoms in total. The molecule has 7 rings (SSSR count). The second kappa shape index (κ2) is 8.59. The molecule has 0 saturated carbocycles. The van der Waals surface area contributed by atoms with E-state index in [1.807, 2.05) is 30.6 Å². The van der Waals surface area contributed by atoms with E-state index in [2.05, 4.69) is 102 Å². The third-order valence-electron chi connectivity index (χ3n) is 6.56. The van der Waals surface area contributed by atoms with Crippen LogP contribution in [0, 0.1) is 0 Å². The Hall–Kier alpha value is -4.54. The van der Waals surface area contributed by atoms with Crippen LogP contribution in [0.25, 0.3) is 44.1 Å². The summed E-state index contributed by atoms with van der Waals surface area (Å²) in [5.74, 6) is 0. The van der Waals surface area contributed by atoms with Crippen LogP contribution in [0.4, 0.5) is 16.4 Å². The van der Waals surface area contributed by atoms with Gasteiger partial charge in [-0.25, -0.2) is 0 Å². The summed E-state index contributed by atoms with van der Waals surface area (Å²) < 4.78 is 0. The maximum atomic E-state index is 4.83. The number of pyridine rings is 2. The van der Waals surface area contributed by atoms with Gasteiger partial charge in [-0.3, -0.25) is 9.97 Å². The van der Waals surface area contributed by atoms with Crippen LogP contribution >= 0.6 is 11.3 Å². The molecule has 3 aromatic heterocycles. The summed E-state index contributed by atoms with van der Waals surface area (Å²) in [5.41, 5.74) is 10.1. The Morgan fingerprint density at radius 2 is 1.11 bits per heavy atom. The molecule has 0 atom stereocenters. The van der Waals surface area contributed by atoms with E-state index in [1.54, 1.807) is 11.3 Å². The van der Waals surface area contributed by atoms with Crippen LogP contribution in [0.1, 0.15) is 0 Å². The van der Waals surface area contributed by atoms with Crippen molar-refractivity contribution in [3.63, 3.8) is 0 Å². The predicted molar refractivity (Wildman–Crippen MR) is 150 cm³/mol. The van der Waals surface area contributed by atoms with Gasteiger partial charge >= 0.3 is 0 Å². The Morgan fingerprint density at radius 1 is 0.500 bits per heavy atom. The lowest BCUT2D eigenvalue weighted by Crippen LogP contribution is -2.09. The summed E-state index contributed by atoms with van der Waals surface area (Å²) in [6.07, 6.45) is 3.73. The Kier molecular flexibility index (Phi) is 4.97. The molecule has 0 fully saturated rings. The molecule has 3 aromatic carbocycles. The van der Waals surface area contributed by atoms with Crippen LogP contribution in [0.2, 0.25) is 0 Å². The SMILES string of the molecule is c1ccc(N2c3ccccc3-c3ccccc3-c3c2sc(-c2ccccn2)c3-c2ccccn2)cc1. The third kappa shape index (κ3) is 3.27. The largest absolute Gasteiger partial charge is 0.301 e. The molecule has 1 aliphatic rings. The molecule has 6 aromatic rings. The van der Waals surface area contributed by atoms with E-state index >= 15 is 0 Å². The fraction of sp³-hybridized carbons (Fsp3) is 0. The molecule has 1 aliphatic heterocycles. The zero-order valence-electron chi connectivity index (χ0n) is 19.4. The van der Waals surface area contributed by atoms with E-state index < -0.39 is 0 Å². The summed E-state index contributed by atoms with van der Waals surface area (Å²) in [6, 6.07) is 40.2. The van der Waals surface area contributed by atoms with Gasteiger partial charge in [0.25, 0.3) is 0 Å². The zero-order chi connectivity index (χ0) is 23.9. The number of aromatic nitrogens is 2. The highest BCUT2D eigenvalue weighted by atomic mass is 32.1. The van der Waals surface area contributed by atoms with Gasteiger partial charge in [0.1, 0.15) is 5.00 Å². The zero-order valence-corrected chi connectivity index (χ0v) is 20.2. The lowest BCUT2D eigenvalue weighted by atomic mass is 9.92. The smallest absolute Gasteiger partial charge is 0.109 e. The first-order valence-corrected chi connectivity index (χ1v) is 12.8. The highest BCUT2D eigenvalue weighted by molar-refractivity contribution is 7.21. The Morgan fingerprint density at radius 3 is 1.83 bits per heavy atom. The molecule has 36 heavy (non-hydrogen) atoms. The van der Waals surface area contributed by atoms with Gasteiger partial charge in [-0.05, 0) is 53.6 Å². The van der Waals surface area contributed by atoms with E-state index in [1.165, 1.54) is 27.3 Å². The van der Waals surface area contributed by atoms with Gasteiger partial charge in [0, 0.05) is 34.8 Å². The number of fused-ring (bicyclic) bond motifs is 5. The minimum absolute atomic E-state index is 0.949. The molecule has 0 N–H and O–H groups in total. The minimum Gasteiger partial charge on any atom is -0.301 e. The van der Waals surface area contributed by atoms with Crippen LogP contribution in [0.5, 0.6) is 0 Å². The van der Waals surface area contributed by atoms with Gasteiger partial charge in [-0.1, -0.05) is 72.8 Å². The van der Waals surface area contributed by atoms with E-state index in [0.717, 1.165) is 33.2 Å². The molecule has 0 saturated heterocycles. The van der Waals surface area contributed by atoms with Crippen molar-refractivity contribution in [1.29, 1.82) is 0 Å².